The van der Waals surface area contributed by atoms with Crippen LogP contribution in [0.3, 0.4) is 0 Å². The molecule has 0 radical (unpaired) electrons. The van der Waals surface area contributed by atoms with Gasteiger partial charge in [0, 0.05) is 11.4 Å². The maximum absolute atomic E-state index is 4.72. The van der Waals surface area contributed by atoms with E-state index in [0.717, 1.165) is 13.1 Å². The van der Waals surface area contributed by atoms with Gasteiger partial charge in [0.15, 0.2) is 0 Å². The molecule has 0 aromatic heterocycles. The summed E-state index contributed by atoms with van der Waals surface area (Å²) in [4.78, 5) is 9.44. The molecule has 2 nitrogen and oxygen atoms in total. The molecule has 0 amide bonds. The maximum Gasteiger partial charge on any atom is 0.0639 e. The van der Waals surface area contributed by atoms with Crippen LogP contribution in [0.15, 0.2) is 34.3 Å². The molecule has 0 N–H and O–H groups in total. The first-order valence-electron chi connectivity index (χ1n) is 8.11. The molecule has 0 fully saturated rings. The topological polar surface area (TPSA) is 24.7 Å². The molecule has 22 heavy (non-hydrogen) atoms. The van der Waals surface area contributed by atoms with Crippen LogP contribution in [0.2, 0.25) is 0 Å². The van der Waals surface area contributed by atoms with Crippen molar-refractivity contribution in [2.75, 3.05) is 0 Å². The fraction of sp³-hybridized carbons (Fsp3) is 0.600. The summed E-state index contributed by atoms with van der Waals surface area (Å²) in [7, 11) is 0. The van der Waals surface area contributed by atoms with Gasteiger partial charge in [-0.2, -0.15) is 0 Å². The van der Waals surface area contributed by atoms with Crippen molar-refractivity contribution >= 4 is 11.4 Å². The summed E-state index contributed by atoms with van der Waals surface area (Å²) in [5.41, 5.74) is 5.19. The molecular weight excluding hydrogens is 268 g/mol. The predicted octanol–water partition coefficient (Wildman–Crippen LogP) is 5.70. The maximum atomic E-state index is 4.72. The van der Waals surface area contributed by atoms with Crippen LogP contribution in [0.25, 0.3) is 0 Å². The molecule has 0 aliphatic heterocycles. The smallest absolute Gasteiger partial charge is 0.0639 e. The van der Waals surface area contributed by atoms with Crippen molar-refractivity contribution in [2.24, 2.45) is 20.8 Å². The molecule has 0 unspecified atom stereocenters. The van der Waals surface area contributed by atoms with E-state index in [0.29, 0.717) is 0 Å². The van der Waals surface area contributed by atoms with Gasteiger partial charge in [-0.1, -0.05) is 65.8 Å². The zero-order valence-electron chi connectivity index (χ0n) is 15.6. The average Bonchev–Trinajstić information content (AvgIpc) is 2.40. The second-order valence-electron chi connectivity index (χ2n) is 8.12. The highest BCUT2D eigenvalue weighted by Gasteiger charge is 2.14. The summed E-state index contributed by atoms with van der Waals surface area (Å²) in [5, 5.41) is 0. The third-order valence-electron chi connectivity index (χ3n) is 4.16. The molecular formula is C20H32N2. The minimum absolute atomic E-state index is 0.145. The molecule has 0 spiro atoms. The summed E-state index contributed by atoms with van der Waals surface area (Å²) in [5.74, 6) is 0. The number of rotatable bonds is 4. The minimum Gasteiger partial charge on any atom is -0.289 e. The molecule has 1 aromatic rings. The van der Waals surface area contributed by atoms with Crippen molar-refractivity contribution in [2.45, 2.75) is 68.5 Å². The van der Waals surface area contributed by atoms with Crippen LogP contribution < -0.4 is 0 Å². The van der Waals surface area contributed by atoms with Crippen molar-refractivity contribution in [1.82, 2.24) is 0 Å². The number of nitrogens with zero attached hydrogens (tertiary/aromatic N) is 2. The molecule has 0 saturated carbocycles. The highest BCUT2D eigenvalue weighted by atomic mass is 14.8. The van der Waals surface area contributed by atoms with Crippen LogP contribution in [0.4, 0.5) is 0 Å². The van der Waals surface area contributed by atoms with Gasteiger partial charge in [0.1, 0.15) is 0 Å². The SMILES string of the molecule is CC(=NCc1cccc(CN=C(C)C(C)(C)C)c1)C(C)(C)C. The Kier molecular flexibility index (Phi) is 6.10. The molecule has 0 heterocycles. The first kappa shape index (κ1) is 18.6. The summed E-state index contributed by atoms with van der Waals surface area (Å²) >= 11 is 0. The fourth-order valence-corrected chi connectivity index (χ4v) is 1.72. The highest BCUT2D eigenvalue weighted by Crippen LogP contribution is 2.18. The van der Waals surface area contributed by atoms with Crippen molar-refractivity contribution in [3.8, 4) is 0 Å². The van der Waals surface area contributed by atoms with Gasteiger partial charge < -0.3 is 0 Å². The number of hydrogen-bond donors (Lipinski definition) is 0. The van der Waals surface area contributed by atoms with Gasteiger partial charge in [-0.05, 0) is 35.8 Å². The van der Waals surface area contributed by atoms with Crippen LogP contribution >= 0.6 is 0 Å². The Bertz CT molecular complexity index is 505. The van der Waals surface area contributed by atoms with Crippen LogP contribution in [0.5, 0.6) is 0 Å². The Balaban J connectivity index is 2.79. The summed E-state index contributed by atoms with van der Waals surface area (Å²) in [6.07, 6.45) is 0. The monoisotopic (exact) mass is 300 g/mol. The molecule has 0 saturated heterocycles. The highest BCUT2D eigenvalue weighted by molar-refractivity contribution is 5.87. The Morgan fingerprint density at radius 1 is 0.773 bits per heavy atom. The number of hydrogen-bond acceptors (Lipinski definition) is 2. The van der Waals surface area contributed by atoms with Gasteiger partial charge in [-0.25, -0.2) is 0 Å². The standard InChI is InChI=1S/C20H32N2/c1-15(19(3,4)5)21-13-17-10-9-11-18(12-17)14-22-16(2)20(6,7)8/h9-12H,13-14H2,1-8H3. The van der Waals surface area contributed by atoms with Crippen LogP contribution in [0, 0.1) is 10.8 Å². The van der Waals surface area contributed by atoms with Crippen LogP contribution in [-0.4, -0.2) is 11.4 Å². The average molecular weight is 300 g/mol. The second-order valence-corrected chi connectivity index (χ2v) is 8.12. The quantitative estimate of drug-likeness (QED) is 0.637. The Labute approximate surface area is 136 Å². The minimum atomic E-state index is 0.145. The summed E-state index contributed by atoms with van der Waals surface area (Å²) < 4.78 is 0. The summed E-state index contributed by atoms with van der Waals surface area (Å²) in [6, 6.07) is 8.61. The molecule has 1 rings (SSSR count). The molecule has 0 aliphatic rings. The first-order chi connectivity index (χ1) is 10.00. The van der Waals surface area contributed by atoms with E-state index in [1.807, 2.05) is 0 Å². The van der Waals surface area contributed by atoms with Crippen molar-refractivity contribution in [3.05, 3.63) is 35.4 Å². The second kappa shape index (κ2) is 7.21. The fourth-order valence-electron chi connectivity index (χ4n) is 1.72. The first-order valence-corrected chi connectivity index (χ1v) is 8.11. The van der Waals surface area contributed by atoms with E-state index in [9.17, 15) is 0 Å². The van der Waals surface area contributed by atoms with E-state index in [2.05, 4.69) is 79.7 Å². The summed E-state index contributed by atoms with van der Waals surface area (Å²) in [6.45, 7) is 18.9. The predicted molar refractivity (Wildman–Crippen MR) is 99.0 cm³/mol. The van der Waals surface area contributed by atoms with Crippen LogP contribution in [-0.2, 0) is 13.1 Å². The third kappa shape index (κ3) is 6.13. The lowest BCUT2D eigenvalue weighted by Gasteiger charge is -2.18. The molecule has 1 aromatic carbocycles. The van der Waals surface area contributed by atoms with E-state index < -0.39 is 0 Å². The van der Waals surface area contributed by atoms with Crippen molar-refractivity contribution in [3.63, 3.8) is 0 Å². The Hall–Kier alpha value is -1.44. The lowest BCUT2D eigenvalue weighted by Crippen LogP contribution is -2.17. The molecule has 2 heteroatoms. The lowest BCUT2D eigenvalue weighted by molar-refractivity contribution is 0.584. The van der Waals surface area contributed by atoms with E-state index in [4.69, 9.17) is 9.98 Å². The lowest BCUT2D eigenvalue weighted by atomic mass is 9.91. The van der Waals surface area contributed by atoms with Gasteiger partial charge in [-0.15, -0.1) is 0 Å². The molecule has 0 atom stereocenters. The molecule has 122 valence electrons. The normalized spacial score (nSPS) is 14.4. The number of aliphatic imine (C=N–C) groups is 2. The van der Waals surface area contributed by atoms with E-state index in [1.54, 1.807) is 0 Å². The van der Waals surface area contributed by atoms with Gasteiger partial charge in [0.05, 0.1) is 13.1 Å². The molecule has 0 aliphatic carbocycles. The van der Waals surface area contributed by atoms with Gasteiger partial charge in [0.2, 0.25) is 0 Å². The van der Waals surface area contributed by atoms with E-state index >= 15 is 0 Å². The van der Waals surface area contributed by atoms with E-state index in [-0.39, 0.29) is 10.8 Å². The van der Waals surface area contributed by atoms with Gasteiger partial charge in [-0.3, -0.25) is 9.98 Å². The van der Waals surface area contributed by atoms with Crippen molar-refractivity contribution < 1.29 is 0 Å². The molecule has 0 bridgehead atoms. The van der Waals surface area contributed by atoms with Gasteiger partial charge >= 0.3 is 0 Å². The zero-order valence-corrected chi connectivity index (χ0v) is 15.6. The van der Waals surface area contributed by atoms with Gasteiger partial charge in [0.25, 0.3) is 0 Å². The van der Waals surface area contributed by atoms with Crippen molar-refractivity contribution in [1.29, 1.82) is 0 Å². The largest absolute Gasteiger partial charge is 0.289 e. The Morgan fingerprint density at radius 2 is 1.14 bits per heavy atom. The van der Waals surface area contributed by atoms with Crippen LogP contribution in [0.1, 0.15) is 66.5 Å². The number of benzene rings is 1. The van der Waals surface area contributed by atoms with E-state index in [1.165, 1.54) is 22.6 Å². The zero-order chi connectivity index (χ0) is 17.0. The third-order valence-corrected chi connectivity index (χ3v) is 4.16. The Morgan fingerprint density at radius 3 is 1.45 bits per heavy atom.